The van der Waals surface area contributed by atoms with Crippen molar-refractivity contribution in [2.75, 3.05) is 6.61 Å². The molecule has 2 amide bonds. The number of rotatable bonds is 13. The summed E-state index contributed by atoms with van der Waals surface area (Å²) < 4.78 is 5.83. The molecule has 3 aromatic rings. The van der Waals surface area contributed by atoms with Crippen molar-refractivity contribution < 1.29 is 14.3 Å². The van der Waals surface area contributed by atoms with Crippen LogP contribution in [0, 0.1) is 6.92 Å². The van der Waals surface area contributed by atoms with Crippen molar-refractivity contribution in [1.29, 1.82) is 0 Å². The lowest BCUT2D eigenvalue weighted by molar-refractivity contribution is -0.141. The highest BCUT2D eigenvalue weighted by molar-refractivity contribution is 6.35. The van der Waals surface area contributed by atoms with E-state index in [1.807, 2.05) is 75.4 Å². The summed E-state index contributed by atoms with van der Waals surface area (Å²) in [4.78, 5) is 28.9. The number of halogens is 2. The van der Waals surface area contributed by atoms with Crippen LogP contribution in [0.15, 0.2) is 72.8 Å². The Balaban J connectivity index is 1.82. The van der Waals surface area contributed by atoms with Crippen LogP contribution in [0.5, 0.6) is 5.75 Å². The SMILES string of the molecule is CCC(C)NC(=O)C(Cc1ccccc1)N(Cc1ccc(Cl)cc1Cl)C(=O)CCCOc1ccc(C)cc1. The minimum Gasteiger partial charge on any atom is -0.494 e. The number of hydrogen-bond donors (Lipinski definition) is 1. The van der Waals surface area contributed by atoms with Gasteiger partial charge in [-0.05, 0) is 62.1 Å². The maximum absolute atomic E-state index is 13.7. The van der Waals surface area contributed by atoms with Crippen LogP contribution in [0.1, 0.15) is 49.8 Å². The Bertz CT molecular complexity index is 1190. The number of nitrogens with zero attached hydrogens (tertiary/aromatic N) is 1. The Morgan fingerprint density at radius 1 is 1.00 bits per heavy atom. The van der Waals surface area contributed by atoms with E-state index < -0.39 is 6.04 Å². The van der Waals surface area contributed by atoms with Gasteiger partial charge in [-0.3, -0.25) is 9.59 Å². The summed E-state index contributed by atoms with van der Waals surface area (Å²) >= 11 is 12.6. The van der Waals surface area contributed by atoms with Crippen LogP contribution in [0.25, 0.3) is 0 Å². The average molecular weight is 556 g/mol. The zero-order valence-corrected chi connectivity index (χ0v) is 23.8. The fourth-order valence-corrected chi connectivity index (χ4v) is 4.49. The second-order valence-electron chi connectivity index (χ2n) is 9.55. The van der Waals surface area contributed by atoms with E-state index >= 15 is 0 Å². The summed E-state index contributed by atoms with van der Waals surface area (Å²) in [6, 6.07) is 22.0. The average Bonchev–Trinajstić information content (AvgIpc) is 2.91. The monoisotopic (exact) mass is 554 g/mol. The molecule has 2 atom stereocenters. The second kappa shape index (κ2) is 14.8. The molecule has 0 saturated carbocycles. The molecule has 202 valence electrons. The molecule has 3 rings (SSSR count). The van der Waals surface area contributed by atoms with Crippen molar-refractivity contribution in [3.05, 3.63) is 99.5 Å². The summed E-state index contributed by atoms with van der Waals surface area (Å²) in [7, 11) is 0. The molecule has 0 fully saturated rings. The third-order valence-electron chi connectivity index (χ3n) is 6.45. The smallest absolute Gasteiger partial charge is 0.243 e. The Morgan fingerprint density at radius 3 is 2.37 bits per heavy atom. The van der Waals surface area contributed by atoms with Crippen molar-refractivity contribution in [2.24, 2.45) is 0 Å². The summed E-state index contributed by atoms with van der Waals surface area (Å²) in [5.41, 5.74) is 2.86. The van der Waals surface area contributed by atoms with Crippen LogP contribution in [-0.4, -0.2) is 35.4 Å². The predicted octanol–water partition coefficient (Wildman–Crippen LogP) is 7.02. The first kappa shape index (κ1) is 29.5. The lowest BCUT2D eigenvalue weighted by Gasteiger charge is -2.32. The molecule has 0 radical (unpaired) electrons. The van der Waals surface area contributed by atoms with Crippen LogP contribution < -0.4 is 10.1 Å². The lowest BCUT2D eigenvalue weighted by Crippen LogP contribution is -2.52. The molecular formula is C31H36Cl2N2O3. The van der Waals surface area contributed by atoms with Gasteiger partial charge >= 0.3 is 0 Å². The van der Waals surface area contributed by atoms with E-state index in [1.165, 1.54) is 0 Å². The zero-order chi connectivity index (χ0) is 27.5. The molecular weight excluding hydrogens is 519 g/mol. The first-order chi connectivity index (χ1) is 18.3. The van der Waals surface area contributed by atoms with Crippen molar-refractivity contribution >= 4 is 35.0 Å². The van der Waals surface area contributed by atoms with Crippen LogP contribution in [0.4, 0.5) is 0 Å². The van der Waals surface area contributed by atoms with Gasteiger partial charge in [-0.1, -0.05) is 84.2 Å². The second-order valence-corrected chi connectivity index (χ2v) is 10.4. The third kappa shape index (κ3) is 9.07. The molecule has 0 bridgehead atoms. The number of hydrogen-bond acceptors (Lipinski definition) is 3. The topological polar surface area (TPSA) is 58.6 Å². The van der Waals surface area contributed by atoms with E-state index in [0.29, 0.717) is 29.5 Å². The quantitative estimate of drug-likeness (QED) is 0.231. The van der Waals surface area contributed by atoms with Crippen LogP contribution in [0.3, 0.4) is 0 Å². The van der Waals surface area contributed by atoms with Gasteiger partial charge in [0, 0.05) is 35.5 Å². The molecule has 7 heteroatoms. The summed E-state index contributed by atoms with van der Waals surface area (Å²) in [6.45, 7) is 6.59. The minimum absolute atomic E-state index is 0.0141. The van der Waals surface area contributed by atoms with Gasteiger partial charge in [0.1, 0.15) is 11.8 Å². The van der Waals surface area contributed by atoms with E-state index in [4.69, 9.17) is 27.9 Å². The Morgan fingerprint density at radius 2 is 1.71 bits per heavy atom. The van der Waals surface area contributed by atoms with E-state index in [1.54, 1.807) is 23.1 Å². The predicted molar refractivity (Wildman–Crippen MR) is 155 cm³/mol. The van der Waals surface area contributed by atoms with Gasteiger partial charge in [0.05, 0.1) is 6.61 Å². The van der Waals surface area contributed by atoms with Crippen molar-refractivity contribution in [3.8, 4) is 5.75 Å². The summed E-state index contributed by atoms with van der Waals surface area (Å²) in [5.74, 6) is 0.448. The van der Waals surface area contributed by atoms with Crippen LogP contribution in [0.2, 0.25) is 10.0 Å². The van der Waals surface area contributed by atoms with E-state index in [9.17, 15) is 9.59 Å². The summed E-state index contributed by atoms with van der Waals surface area (Å²) in [5, 5.41) is 4.05. The maximum atomic E-state index is 13.7. The van der Waals surface area contributed by atoms with E-state index in [2.05, 4.69) is 5.32 Å². The van der Waals surface area contributed by atoms with Crippen molar-refractivity contribution in [3.63, 3.8) is 0 Å². The Hall–Kier alpha value is -3.02. The molecule has 0 aliphatic rings. The number of carbonyl (C=O) groups is 2. The van der Waals surface area contributed by atoms with Crippen molar-refractivity contribution in [1.82, 2.24) is 10.2 Å². The first-order valence-corrected chi connectivity index (χ1v) is 13.8. The molecule has 5 nitrogen and oxygen atoms in total. The molecule has 2 unspecified atom stereocenters. The molecule has 0 aliphatic heterocycles. The fraction of sp³-hybridized carbons (Fsp3) is 0.355. The standard InChI is InChI=1S/C31H36Cl2N2O3/c1-4-23(3)34-31(37)29(19-24-9-6-5-7-10-24)35(21-25-14-15-26(32)20-28(25)33)30(36)11-8-18-38-27-16-12-22(2)13-17-27/h5-7,9-10,12-17,20,23,29H,4,8,11,18-19,21H2,1-3H3,(H,34,37). The Kier molecular flexibility index (Phi) is 11.5. The zero-order valence-electron chi connectivity index (χ0n) is 22.3. The van der Waals surface area contributed by atoms with Gasteiger partial charge < -0.3 is 15.0 Å². The number of nitrogens with one attached hydrogen (secondary N) is 1. The first-order valence-electron chi connectivity index (χ1n) is 13.0. The fourth-order valence-electron chi connectivity index (χ4n) is 4.02. The van der Waals surface area contributed by atoms with Gasteiger partial charge in [0.15, 0.2) is 0 Å². The molecule has 0 saturated heterocycles. The molecule has 0 heterocycles. The van der Waals surface area contributed by atoms with Gasteiger partial charge in [-0.2, -0.15) is 0 Å². The number of aryl methyl sites for hydroxylation is 1. The summed E-state index contributed by atoms with van der Waals surface area (Å²) in [6.07, 6.45) is 1.93. The number of ether oxygens (including phenoxy) is 1. The molecule has 0 aromatic heterocycles. The van der Waals surface area contributed by atoms with Crippen molar-refractivity contribution in [2.45, 2.75) is 65.1 Å². The molecule has 0 spiro atoms. The molecule has 1 N–H and O–H groups in total. The number of amides is 2. The van der Waals surface area contributed by atoms with Gasteiger partial charge in [-0.25, -0.2) is 0 Å². The molecule has 38 heavy (non-hydrogen) atoms. The third-order valence-corrected chi connectivity index (χ3v) is 7.04. The molecule has 3 aromatic carbocycles. The van der Waals surface area contributed by atoms with Crippen LogP contribution in [-0.2, 0) is 22.6 Å². The van der Waals surface area contributed by atoms with Gasteiger partial charge in [-0.15, -0.1) is 0 Å². The highest BCUT2D eigenvalue weighted by atomic mass is 35.5. The highest BCUT2D eigenvalue weighted by Gasteiger charge is 2.31. The number of benzene rings is 3. The van der Waals surface area contributed by atoms with Crippen LogP contribution >= 0.6 is 23.2 Å². The lowest BCUT2D eigenvalue weighted by atomic mass is 10.0. The maximum Gasteiger partial charge on any atom is 0.243 e. The highest BCUT2D eigenvalue weighted by Crippen LogP contribution is 2.25. The number of carbonyl (C=O) groups excluding carboxylic acids is 2. The molecule has 0 aliphatic carbocycles. The van der Waals surface area contributed by atoms with E-state index in [0.717, 1.165) is 28.9 Å². The minimum atomic E-state index is -0.705. The van der Waals surface area contributed by atoms with Gasteiger partial charge in [0.25, 0.3) is 0 Å². The van der Waals surface area contributed by atoms with Gasteiger partial charge in [0.2, 0.25) is 11.8 Å². The Labute approximate surface area is 236 Å². The largest absolute Gasteiger partial charge is 0.494 e. The normalized spacial score (nSPS) is 12.4. The van der Waals surface area contributed by atoms with E-state index in [-0.39, 0.29) is 30.8 Å².